The summed E-state index contributed by atoms with van der Waals surface area (Å²) in [5.74, 6) is 0.831. The van der Waals surface area contributed by atoms with Gasteiger partial charge in [0.15, 0.2) is 0 Å². The van der Waals surface area contributed by atoms with Crippen molar-refractivity contribution in [3.05, 3.63) is 66.0 Å². The molecule has 19 heavy (non-hydrogen) atoms. The van der Waals surface area contributed by atoms with Crippen molar-refractivity contribution in [2.75, 3.05) is 0 Å². The van der Waals surface area contributed by atoms with Crippen molar-refractivity contribution in [3.63, 3.8) is 0 Å². The lowest BCUT2D eigenvalue weighted by atomic mass is 10.0. The Morgan fingerprint density at radius 3 is 2.32 bits per heavy atom. The fraction of sp³-hybridized carbons (Fsp3) is 0.333. The van der Waals surface area contributed by atoms with Crippen molar-refractivity contribution in [1.29, 1.82) is 0 Å². The Hall–Kier alpha value is -1.76. The van der Waals surface area contributed by atoms with Gasteiger partial charge in [0.05, 0.1) is 6.10 Å². The molecule has 0 N–H and O–H groups in total. The molecule has 1 aromatic carbocycles. The van der Waals surface area contributed by atoms with Crippen molar-refractivity contribution >= 4 is 5.57 Å². The zero-order valence-electron chi connectivity index (χ0n) is 12.4. The van der Waals surface area contributed by atoms with Crippen molar-refractivity contribution in [2.24, 2.45) is 0 Å². The predicted octanol–water partition coefficient (Wildman–Crippen LogP) is 5.15. The zero-order valence-corrected chi connectivity index (χ0v) is 12.4. The second-order valence-corrected chi connectivity index (χ2v) is 4.70. The molecule has 0 radical (unpaired) electrons. The fourth-order valence-electron chi connectivity index (χ4n) is 1.88. The normalized spacial score (nSPS) is 12.7. The molecule has 102 valence electrons. The molecule has 0 saturated heterocycles. The molecule has 0 aromatic heterocycles. The minimum atomic E-state index is 0.142. The number of aryl methyl sites for hydroxylation is 1. The molecule has 1 rings (SSSR count). The van der Waals surface area contributed by atoms with Gasteiger partial charge in [0.2, 0.25) is 0 Å². The lowest BCUT2D eigenvalue weighted by Gasteiger charge is -2.15. The van der Waals surface area contributed by atoms with Gasteiger partial charge in [-0.25, -0.2) is 0 Å². The number of hydrogen-bond acceptors (Lipinski definition) is 1. The number of allylic oxidation sites excluding steroid dienone is 4. The standard InChI is InChI=1S/C18H24O/c1-6-9-17(18(8-3)19-14(4)5)16-12-10-15(7-2)11-13-16/h6,8-14H,3,7H2,1-2,4-5H3/b9-6-,18-17-. The molecular formula is C18H24O. The fourth-order valence-corrected chi connectivity index (χ4v) is 1.88. The van der Waals surface area contributed by atoms with E-state index in [4.69, 9.17) is 4.74 Å². The number of ether oxygens (including phenoxy) is 1. The van der Waals surface area contributed by atoms with Gasteiger partial charge in [0.25, 0.3) is 0 Å². The highest BCUT2D eigenvalue weighted by Gasteiger charge is 2.07. The van der Waals surface area contributed by atoms with Gasteiger partial charge >= 0.3 is 0 Å². The third-order valence-corrected chi connectivity index (χ3v) is 2.82. The molecule has 1 heteroatoms. The van der Waals surface area contributed by atoms with Crippen LogP contribution in [0.2, 0.25) is 0 Å². The van der Waals surface area contributed by atoms with Gasteiger partial charge in [-0.15, -0.1) is 0 Å². The van der Waals surface area contributed by atoms with Crippen LogP contribution in [0.1, 0.15) is 38.8 Å². The van der Waals surface area contributed by atoms with E-state index < -0.39 is 0 Å². The first-order valence-corrected chi connectivity index (χ1v) is 6.87. The van der Waals surface area contributed by atoms with E-state index in [0.29, 0.717) is 0 Å². The van der Waals surface area contributed by atoms with Gasteiger partial charge in [-0.05, 0) is 44.4 Å². The SMILES string of the molecule is C=C/C(OC(C)C)=C(\C=C/C)c1ccc(CC)cc1. The van der Waals surface area contributed by atoms with Gasteiger partial charge in [0.1, 0.15) is 5.76 Å². The molecule has 0 bridgehead atoms. The third-order valence-electron chi connectivity index (χ3n) is 2.82. The quantitative estimate of drug-likeness (QED) is 0.505. The van der Waals surface area contributed by atoms with E-state index in [-0.39, 0.29) is 6.10 Å². The van der Waals surface area contributed by atoms with Crippen LogP contribution >= 0.6 is 0 Å². The van der Waals surface area contributed by atoms with Gasteiger partial charge in [0, 0.05) is 5.57 Å². The van der Waals surface area contributed by atoms with E-state index >= 15 is 0 Å². The van der Waals surface area contributed by atoms with Crippen molar-refractivity contribution in [3.8, 4) is 0 Å². The average Bonchev–Trinajstić information content (AvgIpc) is 2.42. The van der Waals surface area contributed by atoms with Crippen LogP contribution in [0.25, 0.3) is 5.57 Å². The van der Waals surface area contributed by atoms with Crippen LogP contribution in [0.4, 0.5) is 0 Å². The highest BCUT2D eigenvalue weighted by Crippen LogP contribution is 2.23. The highest BCUT2D eigenvalue weighted by atomic mass is 16.5. The van der Waals surface area contributed by atoms with Gasteiger partial charge in [-0.2, -0.15) is 0 Å². The van der Waals surface area contributed by atoms with Crippen LogP contribution in [0.5, 0.6) is 0 Å². The van der Waals surface area contributed by atoms with Crippen molar-refractivity contribution < 1.29 is 4.74 Å². The molecule has 0 amide bonds. The van der Waals surface area contributed by atoms with E-state index in [1.54, 1.807) is 6.08 Å². The van der Waals surface area contributed by atoms with Crippen LogP contribution in [0.3, 0.4) is 0 Å². The molecule has 0 unspecified atom stereocenters. The maximum absolute atomic E-state index is 5.84. The number of hydrogen-bond donors (Lipinski definition) is 0. The second-order valence-electron chi connectivity index (χ2n) is 4.70. The Balaban J connectivity index is 3.23. The van der Waals surface area contributed by atoms with Crippen LogP contribution in [-0.2, 0) is 11.2 Å². The summed E-state index contributed by atoms with van der Waals surface area (Å²) in [5, 5.41) is 0. The molecule has 0 heterocycles. The lowest BCUT2D eigenvalue weighted by Crippen LogP contribution is -2.02. The minimum absolute atomic E-state index is 0.142. The van der Waals surface area contributed by atoms with E-state index in [0.717, 1.165) is 23.3 Å². The van der Waals surface area contributed by atoms with Crippen molar-refractivity contribution in [2.45, 2.75) is 40.2 Å². The molecule has 1 nitrogen and oxygen atoms in total. The molecule has 0 aliphatic heterocycles. The molecular weight excluding hydrogens is 232 g/mol. The maximum atomic E-state index is 5.84. The summed E-state index contributed by atoms with van der Waals surface area (Å²) < 4.78 is 5.84. The summed E-state index contributed by atoms with van der Waals surface area (Å²) in [6.45, 7) is 12.1. The molecule has 0 aliphatic carbocycles. The van der Waals surface area contributed by atoms with Crippen LogP contribution in [0.15, 0.2) is 54.8 Å². The van der Waals surface area contributed by atoms with Crippen LogP contribution < -0.4 is 0 Å². The Labute approximate surface area is 117 Å². The van der Waals surface area contributed by atoms with Crippen LogP contribution in [-0.4, -0.2) is 6.10 Å². The summed E-state index contributed by atoms with van der Waals surface area (Å²) in [5.41, 5.74) is 3.58. The average molecular weight is 256 g/mol. The summed E-state index contributed by atoms with van der Waals surface area (Å²) >= 11 is 0. The minimum Gasteiger partial charge on any atom is -0.490 e. The first kappa shape index (κ1) is 15.3. The highest BCUT2D eigenvalue weighted by molar-refractivity contribution is 5.77. The summed E-state index contributed by atoms with van der Waals surface area (Å²) in [7, 11) is 0. The second kappa shape index (κ2) is 7.63. The molecule has 0 aliphatic rings. The summed E-state index contributed by atoms with van der Waals surface area (Å²) in [4.78, 5) is 0. The summed E-state index contributed by atoms with van der Waals surface area (Å²) in [6, 6.07) is 8.60. The van der Waals surface area contributed by atoms with E-state index in [9.17, 15) is 0 Å². The first-order chi connectivity index (χ1) is 9.12. The molecule has 1 aromatic rings. The van der Waals surface area contributed by atoms with Gasteiger partial charge < -0.3 is 4.74 Å². The van der Waals surface area contributed by atoms with E-state index in [2.05, 4.69) is 43.8 Å². The number of benzene rings is 1. The van der Waals surface area contributed by atoms with E-state index in [1.165, 1.54) is 5.56 Å². The molecule has 0 saturated carbocycles. The molecule has 0 atom stereocenters. The van der Waals surface area contributed by atoms with Crippen LogP contribution in [0, 0.1) is 0 Å². The smallest absolute Gasteiger partial charge is 0.126 e. The largest absolute Gasteiger partial charge is 0.490 e. The summed E-state index contributed by atoms with van der Waals surface area (Å²) in [6.07, 6.45) is 7.07. The molecule has 0 spiro atoms. The van der Waals surface area contributed by atoms with Gasteiger partial charge in [-0.1, -0.05) is 49.9 Å². The van der Waals surface area contributed by atoms with E-state index in [1.807, 2.05) is 26.8 Å². The van der Waals surface area contributed by atoms with Gasteiger partial charge in [-0.3, -0.25) is 0 Å². The topological polar surface area (TPSA) is 9.23 Å². The Morgan fingerprint density at radius 2 is 1.89 bits per heavy atom. The third kappa shape index (κ3) is 4.44. The number of rotatable bonds is 6. The molecule has 0 fully saturated rings. The Bertz CT molecular complexity index is 461. The predicted molar refractivity (Wildman–Crippen MR) is 84.0 cm³/mol. The van der Waals surface area contributed by atoms with Crippen molar-refractivity contribution in [1.82, 2.24) is 0 Å². The lowest BCUT2D eigenvalue weighted by molar-refractivity contribution is 0.159. The maximum Gasteiger partial charge on any atom is 0.126 e. The Kier molecular flexibility index (Phi) is 6.14. The monoisotopic (exact) mass is 256 g/mol. The zero-order chi connectivity index (χ0) is 14.3. The Morgan fingerprint density at radius 1 is 1.26 bits per heavy atom. The first-order valence-electron chi connectivity index (χ1n) is 6.87.